The van der Waals surface area contributed by atoms with Crippen molar-refractivity contribution >= 4 is 5.96 Å². The van der Waals surface area contributed by atoms with Crippen molar-refractivity contribution in [3.8, 4) is 5.75 Å². The molecule has 1 aromatic carbocycles. The highest BCUT2D eigenvalue weighted by molar-refractivity contribution is 5.79. The number of hydrogen-bond donors (Lipinski definition) is 1. The van der Waals surface area contributed by atoms with Gasteiger partial charge < -0.3 is 15.0 Å². The normalized spacial score (nSPS) is 12.9. The van der Waals surface area contributed by atoms with Crippen LogP contribution >= 0.6 is 0 Å². The first-order valence-corrected chi connectivity index (χ1v) is 8.98. The molecular formula is C19H27F2N5O. The number of benzene rings is 1. The number of rotatable bonds is 9. The fourth-order valence-corrected chi connectivity index (χ4v) is 2.62. The largest absolute Gasteiger partial charge is 0.435 e. The summed E-state index contributed by atoms with van der Waals surface area (Å²) in [6.45, 7) is 4.20. The third-order valence-electron chi connectivity index (χ3n) is 3.88. The van der Waals surface area contributed by atoms with Gasteiger partial charge in [0.25, 0.3) is 0 Å². The van der Waals surface area contributed by atoms with Gasteiger partial charge >= 0.3 is 6.61 Å². The second-order valence-corrected chi connectivity index (χ2v) is 6.41. The summed E-state index contributed by atoms with van der Waals surface area (Å²) in [5, 5.41) is 7.50. The quantitative estimate of drug-likeness (QED) is 0.537. The van der Waals surface area contributed by atoms with Crippen LogP contribution in [0.15, 0.2) is 47.7 Å². The standard InChI is InChI=1S/C19H27F2N5O/c1-4-22-19(23-12-15(2)13-26-11-5-10-24-26)25(3)14-16-6-8-17(9-7-16)27-18(20)21/h5-11,15,18H,4,12-14H2,1-3H3,(H,22,23). The van der Waals surface area contributed by atoms with Crippen molar-refractivity contribution in [2.75, 3.05) is 20.1 Å². The van der Waals surface area contributed by atoms with Crippen molar-refractivity contribution in [1.82, 2.24) is 20.0 Å². The van der Waals surface area contributed by atoms with Crippen LogP contribution in [-0.2, 0) is 13.1 Å². The molecule has 0 amide bonds. The van der Waals surface area contributed by atoms with Crippen LogP contribution in [0.3, 0.4) is 0 Å². The van der Waals surface area contributed by atoms with Crippen molar-refractivity contribution < 1.29 is 13.5 Å². The Labute approximate surface area is 158 Å². The van der Waals surface area contributed by atoms with Crippen molar-refractivity contribution in [3.63, 3.8) is 0 Å². The van der Waals surface area contributed by atoms with Crippen molar-refractivity contribution in [1.29, 1.82) is 0 Å². The van der Waals surface area contributed by atoms with Gasteiger partial charge in [-0.25, -0.2) is 0 Å². The summed E-state index contributed by atoms with van der Waals surface area (Å²) in [5.41, 5.74) is 0.981. The van der Waals surface area contributed by atoms with E-state index in [2.05, 4.69) is 22.1 Å². The smallest absolute Gasteiger partial charge is 0.387 e. The molecule has 1 unspecified atom stereocenters. The second-order valence-electron chi connectivity index (χ2n) is 6.41. The average Bonchev–Trinajstić information content (AvgIpc) is 3.12. The van der Waals surface area contributed by atoms with Gasteiger partial charge in [0.05, 0.1) is 0 Å². The maximum atomic E-state index is 12.2. The number of halogens is 2. The Morgan fingerprint density at radius 3 is 2.67 bits per heavy atom. The lowest BCUT2D eigenvalue weighted by Crippen LogP contribution is -2.38. The first kappa shape index (κ1) is 20.7. The first-order valence-electron chi connectivity index (χ1n) is 8.98. The Hall–Kier alpha value is -2.64. The highest BCUT2D eigenvalue weighted by Crippen LogP contribution is 2.15. The molecule has 148 valence electrons. The summed E-state index contributed by atoms with van der Waals surface area (Å²) in [6.07, 6.45) is 3.71. The van der Waals surface area contributed by atoms with Crippen molar-refractivity contribution in [2.45, 2.75) is 33.5 Å². The summed E-state index contributed by atoms with van der Waals surface area (Å²) in [5.74, 6) is 1.31. The lowest BCUT2D eigenvalue weighted by atomic mass is 10.2. The Morgan fingerprint density at radius 2 is 2.07 bits per heavy atom. The van der Waals surface area contributed by atoms with E-state index in [1.807, 2.05) is 35.8 Å². The number of guanidine groups is 1. The van der Waals surface area contributed by atoms with Gasteiger partial charge in [0.1, 0.15) is 5.75 Å². The summed E-state index contributed by atoms with van der Waals surface area (Å²) >= 11 is 0. The zero-order valence-electron chi connectivity index (χ0n) is 16.0. The summed E-state index contributed by atoms with van der Waals surface area (Å²) < 4.78 is 30.7. The molecule has 0 aliphatic heterocycles. The molecule has 1 aromatic heterocycles. The van der Waals surface area contributed by atoms with Gasteiger partial charge in [0.15, 0.2) is 5.96 Å². The zero-order valence-corrected chi connectivity index (χ0v) is 16.0. The number of ether oxygens (including phenoxy) is 1. The predicted octanol–water partition coefficient (Wildman–Crippen LogP) is 3.22. The van der Waals surface area contributed by atoms with Crippen LogP contribution in [0.5, 0.6) is 5.75 Å². The SMILES string of the molecule is CCNC(=NCC(C)Cn1cccn1)N(C)Cc1ccc(OC(F)F)cc1. The van der Waals surface area contributed by atoms with E-state index in [1.54, 1.807) is 30.5 Å². The first-order chi connectivity index (χ1) is 13.0. The summed E-state index contributed by atoms with van der Waals surface area (Å²) in [4.78, 5) is 6.72. The van der Waals surface area contributed by atoms with Crippen LogP contribution < -0.4 is 10.1 Å². The van der Waals surface area contributed by atoms with Gasteiger partial charge in [0.2, 0.25) is 0 Å². The molecule has 2 aromatic rings. The molecule has 0 saturated heterocycles. The molecule has 1 heterocycles. The van der Waals surface area contributed by atoms with Crippen LogP contribution in [0.25, 0.3) is 0 Å². The van der Waals surface area contributed by atoms with E-state index >= 15 is 0 Å². The topological polar surface area (TPSA) is 54.7 Å². The molecule has 27 heavy (non-hydrogen) atoms. The molecule has 0 bridgehead atoms. The minimum Gasteiger partial charge on any atom is -0.435 e. The van der Waals surface area contributed by atoms with E-state index in [4.69, 9.17) is 4.99 Å². The monoisotopic (exact) mass is 379 g/mol. The van der Waals surface area contributed by atoms with Gasteiger partial charge in [-0.1, -0.05) is 19.1 Å². The zero-order chi connectivity index (χ0) is 19.6. The molecule has 0 aliphatic carbocycles. The molecule has 2 rings (SSSR count). The van der Waals surface area contributed by atoms with Crippen LogP contribution in [0, 0.1) is 5.92 Å². The minimum absolute atomic E-state index is 0.157. The highest BCUT2D eigenvalue weighted by Gasteiger charge is 2.10. The van der Waals surface area contributed by atoms with Crippen molar-refractivity contribution in [3.05, 3.63) is 48.3 Å². The molecule has 8 heteroatoms. The van der Waals surface area contributed by atoms with Gasteiger partial charge in [-0.15, -0.1) is 0 Å². The van der Waals surface area contributed by atoms with Crippen molar-refractivity contribution in [2.24, 2.45) is 10.9 Å². The second kappa shape index (κ2) is 10.5. The predicted molar refractivity (Wildman–Crippen MR) is 102 cm³/mol. The van der Waals surface area contributed by atoms with Gasteiger partial charge in [-0.3, -0.25) is 9.67 Å². The maximum absolute atomic E-state index is 12.2. The number of aromatic nitrogens is 2. The third kappa shape index (κ3) is 7.24. The van der Waals surface area contributed by atoms with Crippen LogP contribution in [-0.4, -0.2) is 47.4 Å². The fraction of sp³-hybridized carbons (Fsp3) is 0.474. The Morgan fingerprint density at radius 1 is 1.33 bits per heavy atom. The maximum Gasteiger partial charge on any atom is 0.387 e. The lowest BCUT2D eigenvalue weighted by molar-refractivity contribution is -0.0498. The molecule has 0 fully saturated rings. The van der Waals surface area contributed by atoms with E-state index in [0.29, 0.717) is 19.0 Å². The van der Waals surface area contributed by atoms with Gasteiger partial charge in [0, 0.05) is 45.6 Å². The number of nitrogens with one attached hydrogen (secondary N) is 1. The van der Waals surface area contributed by atoms with Crippen LogP contribution in [0.1, 0.15) is 19.4 Å². The Kier molecular flexibility index (Phi) is 8.03. The summed E-state index contributed by atoms with van der Waals surface area (Å²) in [7, 11) is 1.95. The number of alkyl halides is 2. The van der Waals surface area contributed by atoms with E-state index in [9.17, 15) is 8.78 Å². The minimum atomic E-state index is -2.81. The fourth-order valence-electron chi connectivity index (χ4n) is 2.62. The average molecular weight is 379 g/mol. The summed E-state index contributed by atoms with van der Waals surface area (Å²) in [6, 6.07) is 8.55. The van der Waals surface area contributed by atoms with E-state index in [1.165, 1.54) is 0 Å². The highest BCUT2D eigenvalue weighted by atomic mass is 19.3. The molecule has 0 radical (unpaired) electrons. The molecule has 6 nitrogen and oxygen atoms in total. The Bertz CT molecular complexity index is 689. The van der Waals surface area contributed by atoms with Gasteiger partial charge in [-0.05, 0) is 36.6 Å². The number of nitrogens with zero attached hydrogens (tertiary/aromatic N) is 4. The Balaban J connectivity index is 1.93. The molecule has 1 N–H and O–H groups in total. The molecular weight excluding hydrogens is 352 g/mol. The number of hydrogen-bond acceptors (Lipinski definition) is 3. The van der Waals surface area contributed by atoms with Gasteiger partial charge in [-0.2, -0.15) is 13.9 Å². The van der Waals surface area contributed by atoms with Crippen LogP contribution in [0.4, 0.5) is 8.78 Å². The molecule has 0 aliphatic rings. The number of aliphatic imine (C=N–C) groups is 1. The molecule has 1 atom stereocenters. The molecule has 0 saturated carbocycles. The van der Waals surface area contributed by atoms with E-state index in [-0.39, 0.29) is 5.75 Å². The van der Waals surface area contributed by atoms with E-state index < -0.39 is 6.61 Å². The van der Waals surface area contributed by atoms with Crippen LogP contribution in [0.2, 0.25) is 0 Å². The lowest BCUT2D eigenvalue weighted by Gasteiger charge is -2.23. The van der Waals surface area contributed by atoms with E-state index in [0.717, 1.165) is 24.6 Å². The third-order valence-corrected chi connectivity index (χ3v) is 3.88. The molecule has 0 spiro atoms.